The number of nitro groups is 1. The Morgan fingerprint density at radius 3 is 2.77 bits per heavy atom. The number of anilines is 2. The van der Waals surface area contributed by atoms with E-state index in [1.165, 1.54) is 6.07 Å². The number of rotatable bonds is 6. The van der Waals surface area contributed by atoms with Gasteiger partial charge in [0, 0.05) is 36.3 Å². The number of halogens is 1. The van der Waals surface area contributed by atoms with Crippen molar-refractivity contribution in [1.29, 1.82) is 0 Å². The first kappa shape index (κ1) is 18.2. The van der Waals surface area contributed by atoms with Crippen LogP contribution in [-0.2, 0) is 17.8 Å². The van der Waals surface area contributed by atoms with Crippen LogP contribution >= 0.6 is 11.6 Å². The molecule has 3 rings (SSSR count). The summed E-state index contributed by atoms with van der Waals surface area (Å²) >= 11 is 6.02. The van der Waals surface area contributed by atoms with Gasteiger partial charge in [-0.15, -0.1) is 0 Å². The summed E-state index contributed by atoms with van der Waals surface area (Å²) in [5.41, 5.74) is 2.49. The number of carbonyl (C=O) groups excluding carboxylic acids is 1. The second-order valence-corrected chi connectivity index (χ2v) is 6.51. The molecule has 0 fully saturated rings. The summed E-state index contributed by atoms with van der Waals surface area (Å²) in [5, 5.41) is 24.4. The Kier molecular flexibility index (Phi) is 5.39. The third-order valence-electron chi connectivity index (χ3n) is 4.27. The topological polar surface area (TPSA) is 95.7 Å². The van der Waals surface area contributed by atoms with Gasteiger partial charge in [0.25, 0.3) is 5.69 Å². The lowest BCUT2D eigenvalue weighted by molar-refractivity contribution is -0.384. The molecule has 0 radical (unpaired) electrons. The second kappa shape index (κ2) is 7.72. The molecule has 26 heavy (non-hydrogen) atoms. The Morgan fingerprint density at radius 1 is 1.27 bits per heavy atom. The number of hydrogen-bond acceptors (Lipinski definition) is 5. The molecule has 1 aliphatic rings. The van der Waals surface area contributed by atoms with Crippen LogP contribution in [0.2, 0.25) is 5.02 Å². The predicted octanol–water partition coefficient (Wildman–Crippen LogP) is 3.13. The van der Waals surface area contributed by atoms with E-state index in [0.29, 0.717) is 35.8 Å². The summed E-state index contributed by atoms with van der Waals surface area (Å²) in [4.78, 5) is 24.5. The third-order valence-corrected chi connectivity index (χ3v) is 4.50. The highest BCUT2D eigenvalue weighted by Crippen LogP contribution is 2.37. The molecule has 0 atom stereocenters. The summed E-state index contributed by atoms with van der Waals surface area (Å²) in [6, 6.07) is 10.3. The highest BCUT2D eigenvalue weighted by Gasteiger charge is 2.25. The van der Waals surface area contributed by atoms with Crippen LogP contribution < -0.4 is 10.2 Å². The lowest BCUT2D eigenvalue weighted by Gasteiger charge is -2.26. The standard InChI is InChI=1S/C18H18ClN3O4/c19-14-3-1-2-12(8-14)11-21(6-7-23)16-10-15-13(4-5-18(24)20-15)9-17(16)22(25)26/h1-3,8-10,23H,4-7,11H2,(H,20,24). The molecule has 2 aromatic rings. The molecule has 0 bridgehead atoms. The molecule has 0 saturated heterocycles. The monoisotopic (exact) mass is 375 g/mol. The zero-order chi connectivity index (χ0) is 18.7. The number of aryl methyl sites for hydroxylation is 1. The maximum atomic E-state index is 11.7. The van der Waals surface area contributed by atoms with Crippen molar-refractivity contribution in [3.05, 3.63) is 62.7 Å². The molecule has 1 amide bonds. The highest BCUT2D eigenvalue weighted by molar-refractivity contribution is 6.30. The van der Waals surface area contributed by atoms with Crippen LogP contribution in [0.5, 0.6) is 0 Å². The quantitative estimate of drug-likeness (QED) is 0.597. The van der Waals surface area contributed by atoms with E-state index in [1.54, 1.807) is 29.2 Å². The fraction of sp³-hybridized carbons (Fsp3) is 0.278. The molecular formula is C18H18ClN3O4. The number of nitrogens with one attached hydrogen (secondary N) is 1. The summed E-state index contributed by atoms with van der Waals surface area (Å²) < 4.78 is 0. The summed E-state index contributed by atoms with van der Waals surface area (Å²) in [6.07, 6.45) is 0.781. The van der Waals surface area contributed by atoms with Crippen LogP contribution in [0.1, 0.15) is 17.5 Å². The molecule has 136 valence electrons. The van der Waals surface area contributed by atoms with Gasteiger partial charge >= 0.3 is 0 Å². The lowest BCUT2D eigenvalue weighted by atomic mass is 10.0. The number of fused-ring (bicyclic) bond motifs is 1. The van der Waals surface area contributed by atoms with Crippen molar-refractivity contribution in [2.75, 3.05) is 23.4 Å². The van der Waals surface area contributed by atoms with E-state index >= 15 is 0 Å². The molecule has 0 saturated carbocycles. The van der Waals surface area contributed by atoms with Crippen molar-refractivity contribution in [3.8, 4) is 0 Å². The van der Waals surface area contributed by atoms with Gasteiger partial charge < -0.3 is 15.3 Å². The largest absolute Gasteiger partial charge is 0.395 e. The van der Waals surface area contributed by atoms with Crippen molar-refractivity contribution in [2.24, 2.45) is 0 Å². The minimum atomic E-state index is -0.436. The first-order valence-corrected chi connectivity index (χ1v) is 8.57. The van der Waals surface area contributed by atoms with Gasteiger partial charge in [-0.05, 0) is 35.7 Å². The number of aliphatic hydroxyl groups excluding tert-OH is 1. The Balaban J connectivity index is 2.03. The number of aliphatic hydroxyl groups is 1. The maximum absolute atomic E-state index is 11.7. The molecular weight excluding hydrogens is 358 g/mol. The van der Waals surface area contributed by atoms with E-state index in [9.17, 15) is 20.0 Å². The van der Waals surface area contributed by atoms with Crippen LogP contribution in [0.4, 0.5) is 17.1 Å². The minimum absolute atomic E-state index is 0.0459. The number of nitrogens with zero attached hydrogens (tertiary/aromatic N) is 2. The first-order valence-electron chi connectivity index (χ1n) is 8.19. The minimum Gasteiger partial charge on any atom is -0.395 e. The van der Waals surface area contributed by atoms with Gasteiger partial charge in [-0.1, -0.05) is 23.7 Å². The summed E-state index contributed by atoms with van der Waals surface area (Å²) in [6.45, 7) is 0.385. The van der Waals surface area contributed by atoms with Gasteiger partial charge in [0.05, 0.1) is 11.5 Å². The molecule has 0 unspecified atom stereocenters. The SMILES string of the molecule is O=C1CCc2cc([N+](=O)[O-])c(N(CCO)Cc3cccc(Cl)c3)cc2N1. The van der Waals surface area contributed by atoms with Crippen LogP contribution in [0.25, 0.3) is 0 Å². The average molecular weight is 376 g/mol. The van der Waals surface area contributed by atoms with Crippen molar-refractivity contribution >= 4 is 34.6 Å². The Morgan fingerprint density at radius 2 is 2.08 bits per heavy atom. The Hall–Kier alpha value is -2.64. The Labute approximate surface area is 155 Å². The van der Waals surface area contributed by atoms with Crippen LogP contribution in [0, 0.1) is 10.1 Å². The number of hydrogen-bond donors (Lipinski definition) is 2. The molecule has 1 heterocycles. The molecule has 0 aliphatic carbocycles. The molecule has 0 aromatic heterocycles. The number of nitro benzene ring substituents is 1. The summed E-state index contributed by atoms with van der Waals surface area (Å²) in [7, 11) is 0. The molecule has 0 spiro atoms. The van der Waals surface area contributed by atoms with Gasteiger partial charge in [-0.25, -0.2) is 0 Å². The van der Waals surface area contributed by atoms with E-state index in [1.807, 2.05) is 6.07 Å². The van der Waals surface area contributed by atoms with Gasteiger partial charge in [0.1, 0.15) is 5.69 Å². The van der Waals surface area contributed by atoms with Crippen molar-refractivity contribution in [2.45, 2.75) is 19.4 Å². The lowest BCUT2D eigenvalue weighted by Crippen LogP contribution is -2.28. The molecule has 8 heteroatoms. The zero-order valence-corrected chi connectivity index (χ0v) is 14.7. The van der Waals surface area contributed by atoms with E-state index in [4.69, 9.17) is 11.6 Å². The highest BCUT2D eigenvalue weighted by atomic mass is 35.5. The van der Waals surface area contributed by atoms with Crippen LogP contribution in [0.3, 0.4) is 0 Å². The molecule has 2 aromatic carbocycles. The number of carbonyl (C=O) groups is 1. The zero-order valence-electron chi connectivity index (χ0n) is 13.9. The molecule has 2 N–H and O–H groups in total. The summed E-state index contributed by atoms with van der Waals surface area (Å²) in [5.74, 6) is -0.110. The van der Waals surface area contributed by atoms with E-state index < -0.39 is 4.92 Å². The van der Waals surface area contributed by atoms with Crippen LogP contribution in [-0.4, -0.2) is 29.1 Å². The Bertz CT molecular complexity index is 856. The van der Waals surface area contributed by atoms with Crippen molar-refractivity contribution in [1.82, 2.24) is 0 Å². The molecule has 1 aliphatic heterocycles. The predicted molar refractivity (Wildman–Crippen MR) is 99.6 cm³/mol. The molecule has 7 nitrogen and oxygen atoms in total. The number of amides is 1. The van der Waals surface area contributed by atoms with E-state index in [0.717, 1.165) is 11.1 Å². The average Bonchev–Trinajstić information content (AvgIpc) is 2.60. The fourth-order valence-electron chi connectivity index (χ4n) is 3.06. The van der Waals surface area contributed by atoms with Gasteiger partial charge in [0.2, 0.25) is 5.91 Å². The fourth-order valence-corrected chi connectivity index (χ4v) is 3.28. The first-order chi connectivity index (χ1) is 12.5. The maximum Gasteiger partial charge on any atom is 0.292 e. The van der Waals surface area contributed by atoms with Gasteiger partial charge in [-0.3, -0.25) is 14.9 Å². The normalized spacial score (nSPS) is 13.1. The second-order valence-electron chi connectivity index (χ2n) is 6.08. The third kappa shape index (κ3) is 3.95. The van der Waals surface area contributed by atoms with E-state index in [2.05, 4.69) is 5.32 Å². The van der Waals surface area contributed by atoms with Crippen molar-refractivity contribution < 1.29 is 14.8 Å². The number of benzene rings is 2. The van der Waals surface area contributed by atoms with Crippen molar-refractivity contribution in [3.63, 3.8) is 0 Å². The van der Waals surface area contributed by atoms with E-state index in [-0.39, 0.29) is 24.7 Å². The van der Waals surface area contributed by atoms with Gasteiger partial charge in [0.15, 0.2) is 0 Å². The van der Waals surface area contributed by atoms with Gasteiger partial charge in [-0.2, -0.15) is 0 Å². The smallest absolute Gasteiger partial charge is 0.292 e. The van der Waals surface area contributed by atoms with Crippen LogP contribution in [0.15, 0.2) is 36.4 Å².